The van der Waals surface area contributed by atoms with Crippen molar-refractivity contribution in [2.24, 2.45) is 10.9 Å². The highest BCUT2D eigenvalue weighted by atomic mass is 16.5. The number of rotatable bonds is 4. The molecule has 2 rings (SSSR count). The van der Waals surface area contributed by atoms with E-state index in [4.69, 9.17) is 15.7 Å². The molecule has 0 saturated carbocycles. The molecule has 1 aromatic rings. The molecule has 19 heavy (non-hydrogen) atoms. The van der Waals surface area contributed by atoms with Crippen molar-refractivity contribution in [3.8, 4) is 0 Å². The summed E-state index contributed by atoms with van der Waals surface area (Å²) in [5.74, 6) is 0.133. The van der Waals surface area contributed by atoms with Gasteiger partial charge in [0.1, 0.15) is 0 Å². The first-order valence-electron chi connectivity index (χ1n) is 6.53. The summed E-state index contributed by atoms with van der Waals surface area (Å²) in [4.78, 5) is 0. The Hall–Kier alpha value is -1.59. The minimum absolute atomic E-state index is 0.0326. The highest BCUT2D eigenvalue weighted by Crippen LogP contribution is 2.19. The van der Waals surface area contributed by atoms with Gasteiger partial charge in [0.25, 0.3) is 0 Å². The van der Waals surface area contributed by atoms with Crippen molar-refractivity contribution in [3.05, 3.63) is 35.4 Å². The number of nitrogens with zero attached hydrogens (tertiary/aromatic N) is 1. The largest absolute Gasteiger partial charge is 0.409 e. The molecule has 1 fully saturated rings. The summed E-state index contributed by atoms with van der Waals surface area (Å²) in [5, 5.41) is 15.2. The van der Waals surface area contributed by atoms with Crippen molar-refractivity contribution in [3.63, 3.8) is 0 Å². The zero-order chi connectivity index (χ0) is 13.7. The molecule has 5 heteroatoms. The number of hydrogen-bond acceptors (Lipinski definition) is 4. The summed E-state index contributed by atoms with van der Waals surface area (Å²) in [5.41, 5.74) is 7.46. The van der Waals surface area contributed by atoms with Gasteiger partial charge in [-0.3, -0.25) is 0 Å². The highest BCUT2D eigenvalue weighted by Gasteiger charge is 2.26. The standard InChI is InChI=1S/C14H21N3O2/c1-14(6-3-7-19-10-14)16-9-11-4-2-5-12(8-11)13(15)17-18/h2,4-5,8,16,18H,3,6-7,9-10H2,1H3,(H2,15,17). The zero-order valence-corrected chi connectivity index (χ0v) is 11.2. The van der Waals surface area contributed by atoms with Crippen molar-refractivity contribution in [2.45, 2.75) is 31.8 Å². The van der Waals surface area contributed by atoms with E-state index < -0.39 is 0 Å². The minimum Gasteiger partial charge on any atom is -0.409 e. The molecular weight excluding hydrogens is 242 g/mol. The Morgan fingerprint density at radius 3 is 3.11 bits per heavy atom. The summed E-state index contributed by atoms with van der Waals surface area (Å²) in [7, 11) is 0. The SMILES string of the molecule is CC1(NCc2cccc(/C(N)=N/O)c2)CCCOC1. The summed E-state index contributed by atoms with van der Waals surface area (Å²) in [6.07, 6.45) is 2.21. The quantitative estimate of drug-likeness (QED) is 0.332. The number of nitrogens with two attached hydrogens (primary N) is 1. The van der Waals surface area contributed by atoms with E-state index in [0.29, 0.717) is 0 Å². The maximum Gasteiger partial charge on any atom is 0.170 e. The van der Waals surface area contributed by atoms with E-state index in [1.165, 1.54) is 0 Å². The molecule has 0 radical (unpaired) electrons. The third kappa shape index (κ3) is 3.68. The van der Waals surface area contributed by atoms with Crippen molar-refractivity contribution in [1.82, 2.24) is 5.32 Å². The first kappa shape index (κ1) is 13.8. The lowest BCUT2D eigenvalue weighted by molar-refractivity contribution is 0.0278. The molecule has 0 aromatic heterocycles. The van der Waals surface area contributed by atoms with E-state index >= 15 is 0 Å². The van der Waals surface area contributed by atoms with Crippen LogP contribution in [0.15, 0.2) is 29.4 Å². The molecule has 4 N–H and O–H groups in total. The number of amidine groups is 1. The Balaban J connectivity index is 1.99. The lowest BCUT2D eigenvalue weighted by Gasteiger charge is -2.34. The second-order valence-electron chi connectivity index (χ2n) is 5.26. The summed E-state index contributed by atoms with van der Waals surface area (Å²) in [6.45, 7) is 4.52. The molecule has 1 aromatic carbocycles. The number of oxime groups is 1. The van der Waals surface area contributed by atoms with E-state index in [1.54, 1.807) is 0 Å². The number of ether oxygens (including phenoxy) is 1. The fraction of sp³-hybridized carbons (Fsp3) is 0.500. The van der Waals surface area contributed by atoms with Gasteiger partial charge in [-0.25, -0.2) is 0 Å². The van der Waals surface area contributed by atoms with Crippen molar-refractivity contribution < 1.29 is 9.94 Å². The van der Waals surface area contributed by atoms with Gasteiger partial charge in [0.2, 0.25) is 0 Å². The first-order valence-corrected chi connectivity index (χ1v) is 6.53. The first-order chi connectivity index (χ1) is 9.13. The van der Waals surface area contributed by atoms with Crippen LogP contribution in [0.4, 0.5) is 0 Å². The van der Waals surface area contributed by atoms with E-state index in [1.807, 2.05) is 24.3 Å². The van der Waals surface area contributed by atoms with Crippen LogP contribution in [0.2, 0.25) is 0 Å². The molecule has 1 aliphatic heterocycles. The van der Waals surface area contributed by atoms with E-state index in [0.717, 1.165) is 43.7 Å². The molecule has 1 unspecified atom stereocenters. The smallest absolute Gasteiger partial charge is 0.170 e. The van der Waals surface area contributed by atoms with Gasteiger partial charge >= 0.3 is 0 Å². The van der Waals surface area contributed by atoms with Gasteiger partial charge < -0.3 is 21.0 Å². The van der Waals surface area contributed by atoms with Gasteiger partial charge in [-0.15, -0.1) is 0 Å². The van der Waals surface area contributed by atoms with Crippen LogP contribution in [0.3, 0.4) is 0 Å². The molecule has 104 valence electrons. The van der Waals surface area contributed by atoms with Gasteiger partial charge in [0, 0.05) is 24.3 Å². The van der Waals surface area contributed by atoms with Crippen LogP contribution in [0, 0.1) is 0 Å². The lowest BCUT2D eigenvalue weighted by atomic mass is 9.94. The van der Waals surface area contributed by atoms with Crippen LogP contribution in [0.5, 0.6) is 0 Å². The van der Waals surface area contributed by atoms with Crippen LogP contribution in [0.25, 0.3) is 0 Å². The molecule has 1 atom stereocenters. The molecule has 1 aliphatic rings. The minimum atomic E-state index is 0.0326. The lowest BCUT2D eigenvalue weighted by Crippen LogP contribution is -2.48. The van der Waals surface area contributed by atoms with E-state index in [2.05, 4.69) is 17.4 Å². The number of hydrogen-bond donors (Lipinski definition) is 3. The van der Waals surface area contributed by atoms with E-state index in [-0.39, 0.29) is 11.4 Å². The molecule has 5 nitrogen and oxygen atoms in total. The third-order valence-corrected chi connectivity index (χ3v) is 3.49. The van der Waals surface area contributed by atoms with Gasteiger partial charge in [0.05, 0.1) is 6.61 Å². The Labute approximate surface area is 113 Å². The predicted molar refractivity (Wildman–Crippen MR) is 74.3 cm³/mol. The molecule has 1 heterocycles. The Bertz CT molecular complexity index is 454. The van der Waals surface area contributed by atoms with Gasteiger partial charge in [-0.1, -0.05) is 23.4 Å². The fourth-order valence-corrected chi connectivity index (χ4v) is 2.29. The fourth-order valence-electron chi connectivity index (χ4n) is 2.29. The van der Waals surface area contributed by atoms with Gasteiger partial charge in [-0.2, -0.15) is 0 Å². The number of benzene rings is 1. The van der Waals surface area contributed by atoms with Crippen LogP contribution >= 0.6 is 0 Å². The normalized spacial score (nSPS) is 24.4. The zero-order valence-electron chi connectivity index (χ0n) is 11.2. The van der Waals surface area contributed by atoms with Crippen molar-refractivity contribution in [1.29, 1.82) is 0 Å². The van der Waals surface area contributed by atoms with Gasteiger partial charge in [0.15, 0.2) is 5.84 Å². The monoisotopic (exact) mass is 263 g/mol. The van der Waals surface area contributed by atoms with Crippen LogP contribution in [-0.2, 0) is 11.3 Å². The van der Waals surface area contributed by atoms with Crippen LogP contribution in [0.1, 0.15) is 30.9 Å². The Kier molecular flexibility index (Phi) is 4.39. The molecule has 0 aliphatic carbocycles. The molecule has 0 spiro atoms. The van der Waals surface area contributed by atoms with Crippen molar-refractivity contribution >= 4 is 5.84 Å². The third-order valence-electron chi connectivity index (χ3n) is 3.49. The predicted octanol–water partition coefficient (Wildman–Crippen LogP) is 1.44. The molecule has 1 saturated heterocycles. The highest BCUT2D eigenvalue weighted by molar-refractivity contribution is 5.97. The summed E-state index contributed by atoms with van der Waals surface area (Å²) < 4.78 is 5.52. The van der Waals surface area contributed by atoms with E-state index in [9.17, 15) is 0 Å². The van der Waals surface area contributed by atoms with Crippen LogP contribution in [-0.4, -0.2) is 29.8 Å². The van der Waals surface area contributed by atoms with Crippen molar-refractivity contribution in [2.75, 3.05) is 13.2 Å². The molecular formula is C14H21N3O2. The summed E-state index contributed by atoms with van der Waals surface area (Å²) >= 11 is 0. The Morgan fingerprint density at radius 2 is 2.42 bits per heavy atom. The second kappa shape index (κ2) is 6.04. The summed E-state index contributed by atoms with van der Waals surface area (Å²) in [6, 6.07) is 7.68. The Morgan fingerprint density at radius 1 is 1.58 bits per heavy atom. The average Bonchev–Trinajstić information content (AvgIpc) is 2.45. The van der Waals surface area contributed by atoms with Crippen LogP contribution < -0.4 is 11.1 Å². The second-order valence-corrected chi connectivity index (χ2v) is 5.26. The maximum atomic E-state index is 8.68. The topological polar surface area (TPSA) is 79.9 Å². The molecule has 0 amide bonds. The number of nitrogens with one attached hydrogen (secondary N) is 1. The van der Waals surface area contributed by atoms with Gasteiger partial charge in [-0.05, 0) is 31.4 Å². The maximum absolute atomic E-state index is 8.68. The average molecular weight is 263 g/mol. The molecule has 0 bridgehead atoms.